The number of nitrogens with one attached hydrogen (secondary N) is 1. The van der Waals surface area contributed by atoms with Crippen LogP contribution in [0.4, 0.5) is 18.9 Å². The molecule has 0 radical (unpaired) electrons. The molecule has 202 valence electrons. The molecule has 0 aromatic heterocycles. The van der Waals surface area contributed by atoms with Gasteiger partial charge in [0.25, 0.3) is 0 Å². The predicted octanol–water partition coefficient (Wildman–Crippen LogP) is 6.74. The Bertz CT molecular complexity index is 879. The highest BCUT2D eigenvalue weighted by Crippen LogP contribution is 2.39. The monoisotopic (exact) mass is 510 g/mol. The third-order valence-electron chi connectivity index (χ3n) is 7.22. The van der Waals surface area contributed by atoms with Gasteiger partial charge >= 0.3 is 12.1 Å². The fraction of sp³-hybridized carbons (Fsp3) is 0.714. The molecule has 0 unspecified atom stereocenters. The van der Waals surface area contributed by atoms with Crippen LogP contribution in [0.1, 0.15) is 101 Å². The number of anilines is 1. The molecule has 1 aliphatic heterocycles. The van der Waals surface area contributed by atoms with Crippen LogP contribution in [0.3, 0.4) is 0 Å². The SMILES string of the molecule is CC(C)(C)OC(=O)c1ccc(N2CCC(CC(=O)NCCC3CCCCCC3)CC2)c(C(F)(F)F)c1. The van der Waals surface area contributed by atoms with E-state index in [0.29, 0.717) is 44.8 Å². The molecule has 5 nitrogen and oxygen atoms in total. The Kier molecular flexibility index (Phi) is 9.70. The Morgan fingerprint density at radius 2 is 1.61 bits per heavy atom. The summed E-state index contributed by atoms with van der Waals surface area (Å²) in [4.78, 5) is 26.5. The first-order chi connectivity index (χ1) is 16.9. The highest BCUT2D eigenvalue weighted by molar-refractivity contribution is 5.90. The summed E-state index contributed by atoms with van der Waals surface area (Å²) in [5.74, 6) is 0.137. The lowest BCUT2D eigenvalue weighted by atomic mass is 9.92. The van der Waals surface area contributed by atoms with Crippen LogP contribution in [0.5, 0.6) is 0 Å². The van der Waals surface area contributed by atoms with Gasteiger partial charge in [0.05, 0.1) is 11.1 Å². The number of amides is 1. The Hall–Kier alpha value is -2.25. The molecule has 1 saturated carbocycles. The molecule has 0 atom stereocenters. The van der Waals surface area contributed by atoms with E-state index in [1.807, 2.05) is 0 Å². The zero-order chi connectivity index (χ0) is 26.3. The van der Waals surface area contributed by atoms with E-state index in [-0.39, 0.29) is 23.1 Å². The number of piperidine rings is 1. The minimum absolute atomic E-state index is 0.0415. The van der Waals surface area contributed by atoms with Crippen molar-refractivity contribution in [2.45, 2.75) is 96.8 Å². The van der Waals surface area contributed by atoms with Crippen molar-refractivity contribution < 1.29 is 27.5 Å². The summed E-state index contributed by atoms with van der Waals surface area (Å²) in [6.45, 7) is 6.61. The van der Waals surface area contributed by atoms with Gasteiger partial charge in [-0.25, -0.2) is 4.79 Å². The molecule has 0 bridgehead atoms. The summed E-state index contributed by atoms with van der Waals surface area (Å²) in [7, 11) is 0. The second-order valence-electron chi connectivity index (χ2n) is 11.4. The number of carbonyl (C=O) groups excluding carboxylic acids is 2. The second kappa shape index (κ2) is 12.3. The van der Waals surface area contributed by atoms with Crippen molar-refractivity contribution in [3.63, 3.8) is 0 Å². The average Bonchev–Trinajstić information content (AvgIpc) is 3.06. The van der Waals surface area contributed by atoms with Gasteiger partial charge in [-0.05, 0) is 70.1 Å². The number of alkyl halides is 3. The number of halogens is 3. The number of hydrogen-bond acceptors (Lipinski definition) is 4. The van der Waals surface area contributed by atoms with Crippen LogP contribution in [-0.4, -0.2) is 37.1 Å². The first-order valence-corrected chi connectivity index (χ1v) is 13.4. The zero-order valence-electron chi connectivity index (χ0n) is 21.9. The summed E-state index contributed by atoms with van der Waals surface area (Å²) in [5, 5.41) is 3.06. The van der Waals surface area contributed by atoms with Gasteiger partial charge in [-0.2, -0.15) is 13.2 Å². The van der Waals surface area contributed by atoms with Crippen LogP contribution in [-0.2, 0) is 15.7 Å². The quantitative estimate of drug-likeness (QED) is 0.326. The molecule has 2 fully saturated rings. The van der Waals surface area contributed by atoms with Gasteiger partial charge in [-0.15, -0.1) is 0 Å². The lowest BCUT2D eigenvalue weighted by Crippen LogP contribution is -2.37. The van der Waals surface area contributed by atoms with E-state index in [0.717, 1.165) is 12.5 Å². The summed E-state index contributed by atoms with van der Waals surface area (Å²) in [6, 6.07) is 3.65. The number of esters is 1. The van der Waals surface area contributed by atoms with Gasteiger partial charge in [0, 0.05) is 31.7 Å². The van der Waals surface area contributed by atoms with E-state index in [2.05, 4.69) is 5.32 Å². The molecule has 2 aliphatic rings. The summed E-state index contributed by atoms with van der Waals surface area (Å²) in [6.07, 6.45) is 5.89. The van der Waals surface area contributed by atoms with Crippen molar-refractivity contribution in [2.75, 3.05) is 24.5 Å². The maximum atomic E-state index is 13.9. The van der Waals surface area contributed by atoms with E-state index in [4.69, 9.17) is 4.74 Å². The zero-order valence-corrected chi connectivity index (χ0v) is 21.9. The third kappa shape index (κ3) is 8.70. The van der Waals surface area contributed by atoms with Gasteiger partial charge in [-0.3, -0.25) is 4.79 Å². The molecular weight excluding hydrogens is 469 g/mol. The molecular formula is C28H41F3N2O3. The fourth-order valence-corrected chi connectivity index (χ4v) is 5.28. The van der Waals surface area contributed by atoms with Crippen molar-refractivity contribution in [3.8, 4) is 0 Å². The molecule has 1 aliphatic carbocycles. The van der Waals surface area contributed by atoms with Crippen molar-refractivity contribution in [1.82, 2.24) is 5.32 Å². The molecule has 1 aromatic rings. The van der Waals surface area contributed by atoms with Crippen LogP contribution in [0, 0.1) is 11.8 Å². The highest BCUT2D eigenvalue weighted by Gasteiger charge is 2.37. The standard InChI is InChI=1S/C28H41F3N2O3/c1-27(2,3)36-26(35)22-10-11-24(23(19-22)28(29,30)31)33-16-13-21(14-17-33)18-25(34)32-15-12-20-8-6-4-5-7-9-20/h10-11,19-21H,4-9,12-18H2,1-3H3,(H,32,34). The highest BCUT2D eigenvalue weighted by atomic mass is 19.4. The number of rotatable bonds is 7. The molecule has 0 spiro atoms. The Morgan fingerprint density at radius 3 is 2.19 bits per heavy atom. The van der Waals surface area contributed by atoms with Gasteiger partial charge in [0.15, 0.2) is 0 Å². The summed E-state index contributed by atoms with van der Waals surface area (Å²) in [5.41, 5.74) is -1.67. The third-order valence-corrected chi connectivity index (χ3v) is 7.22. The number of hydrogen-bond donors (Lipinski definition) is 1. The van der Waals surface area contributed by atoms with Gasteiger partial charge in [-0.1, -0.05) is 38.5 Å². The van der Waals surface area contributed by atoms with Gasteiger partial charge < -0.3 is 15.0 Å². The normalized spacial score (nSPS) is 18.6. The summed E-state index contributed by atoms with van der Waals surface area (Å²) >= 11 is 0. The molecule has 3 rings (SSSR count). The van der Waals surface area contributed by atoms with Crippen LogP contribution >= 0.6 is 0 Å². The van der Waals surface area contributed by atoms with E-state index in [1.54, 1.807) is 25.7 Å². The molecule has 1 saturated heterocycles. The van der Waals surface area contributed by atoms with Crippen LogP contribution < -0.4 is 10.2 Å². The Morgan fingerprint density at radius 1 is 0.972 bits per heavy atom. The molecule has 1 N–H and O–H groups in total. The predicted molar refractivity (Wildman–Crippen MR) is 135 cm³/mol. The van der Waals surface area contributed by atoms with Crippen molar-refractivity contribution in [3.05, 3.63) is 29.3 Å². The maximum Gasteiger partial charge on any atom is 0.418 e. The van der Waals surface area contributed by atoms with E-state index >= 15 is 0 Å². The van der Waals surface area contributed by atoms with E-state index in [9.17, 15) is 22.8 Å². The minimum Gasteiger partial charge on any atom is -0.456 e. The first kappa shape index (κ1) is 28.3. The van der Waals surface area contributed by atoms with Crippen molar-refractivity contribution in [2.24, 2.45) is 11.8 Å². The summed E-state index contributed by atoms with van der Waals surface area (Å²) < 4.78 is 46.9. The topological polar surface area (TPSA) is 58.6 Å². The van der Waals surface area contributed by atoms with Crippen molar-refractivity contribution in [1.29, 1.82) is 0 Å². The van der Waals surface area contributed by atoms with E-state index in [1.165, 1.54) is 50.7 Å². The maximum absolute atomic E-state index is 13.9. The second-order valence-corrected chi connectivity index (χ2v) is 11.4. The van der Waals surface area contributed by atoms with Gasteiger partial charge in [0.2, 0.25) is 5.91 Å². The number of nitrogens with zero attached hydrogens (tertiary/aromatic N) is 1. The van der Waals surface area contributed by atoms with Crippen LogP contribution in [0.25, 0.3) is 0 Å². The minimum atomic E-state index is -4.60. The van der Waals surface area contributed by atoms with Gasteiger partial charge in [0.1, 0.15) is 5.60 Å². The molecule has 8 heteroatoms. The number of carbonyl (C=O) groups is 2. The smallest absolute Gasteiger partial charge is 0.418 e. The molecule has 1 heterocycles. The first-order valence-electron chi connectivity index (χ1n) is 13.4. The lowest BCUT2D eigenvalue weighted by molar-refractivity contribution is -0.137. The van der Waals surface area contributed by atoms with Crippen LogP contribution in [0.15, 0.2) is 18.2 Å². The number of ether oxygens (including phenoxy) is 1. The number of benzene rings is 1. The molecule has 1 aromatic carbocycles. The molecule has 1 amide bonds. The Balaban J connectivity index is 1.52. The largest absolute Gasteiger partial charge is 0.456 e. The average molecular weight is 511 g/mol. The Labute approximate surface area is 213 Å². The van der Waals surface area contributed by atoms with E-state index < -0.39 is 23.3 Å². The van der Waals surface area contributed by atoms with Crippen LogP contribution in [0.2, 0.25) is 0 Å². The fourth-order valence-electron chi connectivity index (χ4n) is 5.28. The molecule has 36 heavy (non-hydrogen) atoms. The lowest BCUT2D eigenvalue weighted by Gasteiger charge is -2.35. The van der Waals surface area contributed by atoms with Crippen molar-refractivity contribution >= 4 is 17.6 Å².